The first kappa shape index (κ1) is 12.7. The zero-order valence-electron chi connectivity index (χ0n) is 11.5. The van der Waals surface area contributed by atoms with Gasteiger partial charge in [-0.2, -0.15) is 0 Å². The molecule has 0 spiro atoms. The summed E-state index contributed by atoms with van der Waals surface area (Å²) in [6.07, 6.45) is 4.15. The maximum absolute atomic E-state index is 11.1. The first-order chi connectivity index (χ1) is 10.3. The van der Waals surface area contributed by atoms with E-state index in [1.54, 1.807) is 0 Å². The third-order valence-electron chi connectivity index (χ3n) is 4.09. The Morgan fingerprint density at radius 1 is 1.14 bits per heavy atom. The van der Waals surface area contributed by atoms with E-state index >= 15 is 0 Å². The molecule has 0 saturated carbocycles. The van der Waals surface area contributed by atoms with Gasteiger partial charge in [0.2, 0.25) is 0 Å². The molecular formula is C18H15NOS. The van der Waals surface area contributed by atoms with Crippen LogP contribution in [-0.2, 0) is 13.0 Å². The minimum Gasteiger partial charge on any atom is -0.346 e. The molecule has 0 aliphatic carbocycles. The predicted octanol–water partition coefficient (Wildman–Crippen LogP) is 4.17. The van der Waals surface area contributed by atoms with Crippen LogP contribution in [0.15, 0.2) is 59.6 Å². The van der Waals surface area contributed by atoms with Gasteiger partial charge >= 0.3 is 0 Å². The van der Waals surface area contributed by atoms with E-state index in [0.29, 0.717) is 5.25 Å². The number of carbonyl (C=O) groups is 1. The summed E-state index contributed by atoms with van der Waals surface area (Å²) in [5, 5.41) is 1.62. The van der Waals surface area contributed by atoms with Crippen LogP contribution in [0.4, 0.5) is 0 Å². The largest absolute Gasteiger partial charge is 0.346 e. The molecule has 0 saturated heterocycles. The van der Waals surface area contributed by atoms with Gasteiger partial charge in [-0.15, -0.1) is 11.8 Å². The highest BCUT2D eigenvalue weighted by Gasteiger charge is 2.22. The molecule has 1 unspecified atom stereocenters. The highest BCUT2D eigenvalue weighted by Crippen LogP contribution is 2.38. The van der Waals surface area contributed by atoms with Crippen molar-refractivity contribution in [1.82, 2.24) is 4.57 Å². The summed E-state index contributed by atoms with van der Waals surface area (Å²) in [7, 11) is 0. The van der Waals surface area contributed by atoms with Crippen molar-refractivity contribution in [2.45, 2.75) is 23.1 Å². The van der Waals surface area contributed by atoms with E-state index in [9.17, 15) is 4.79 Å². The molecule has 1 atom stereocenters. The smallest absolute Gasteiger partial charge is 0.150 e. The van der Waals surface area contributed by atoms with Crippen LogP contribution in [0, 0.1) is 0 Å². The number of thioether (sulfide) groups is 1. The molecule has 104 valence electrons. The lowest BCUT2D eigenvalue weighted by Crippen LogP contribution is -2.11. The molecule has 0 fully saturated rings. The van der Waals surface area contributed by atoms with Crippen molar-refractivity contribution >= 4 is 29.0 Å². The van der Waals surface area contributed by atoms with Crippen molar-refractivity contribution in [3.63, 3.8) is 0 Å². The molecule has 0 N–H and O–H groups in total. The number of aldehydes is 1. The van der Waals surface area contributed by atoms with Crippen molar-refractivity contribution in [2.75, 3.05) is 0 Å². The summed E-state index contributed by atoms with van der Waals surface area (Å²) in [5.41, 5.74) is 3.38. The minimum atomic E-state index is 0.567. The standard InChI is InChI=1S/C18H15NOS/c20-12-14-5-3-6-17-16(14)8-9-19(17)11-15-10-13-4-1-2-7-18(13)21-15/h1-9,12,15H,10-11H2. The van der Waals surface area contributed by atoms with Crippen molar-refractivity contribution in [2.24, 2.45) is 0 Å². The van der Waals surface area contributed by atoms with Crippen LogP contribution in [-0.4, -0.2) is 16.1 Å². The number of nitrogens with zero attached hydrogens (tertiary/aromatic N) is 1. The fourth-order valence-electron chi connectivity index (χ4n) is 3.08. The van der Waals surface area contributed by atoms with Crippen molar-refractivity contribution in [3.8, 4) is 0 Å². The predicted molar refractivity (Wildman–Crippen MR) is 87.1 cm³/mol. The SMILES string of the molecule is O=Cc1cccc2c1ccn2CC1Cc2ccccc2S1. The summed E-state index contributed by atoms with van der Waals surface area (Å²) in [4.78, 5) is 12.5. The van der Waals surface area contributed by atoms with Crippen LogP contribution in [0.5, 0.6) is 0 Å². The zero-order valence-corrected chi connectivity index (χ0v) is 12.3. The molecule has 21 heavy (non-hydrogen) atoms. The summed E-state index contributed by atoms with van der Waals surface area (Å²) in [5.74, 6) is 0. The van der Waals surface area contributed by atoms with E-state index in [1.165, 1.54) is 10.5 Å². The van der Waals surface area contributed by atoms with Crippen LogP contribution < -0.4 is 0 Å². The quantitative estimate of drug-likeness (QED) is 0.676. The first-order valence-corrected chi connectivity index (χ1v) is 8.01. The second-order valence-electron chi connectivity index (χ2n) is 5.42. The molecule has 1 aliphatic rings. The Kier molecular flexibility index (Phi) is 3.08. The summed E-state index contributed by atoms with van der Waals surface area (Å²) in [6, 6.07) is 16.6. The average Bonchev–Trinajstić information content (AvgIpc) is 3.11. The molecular weight excluding hydrogens is 278 g/mol. The maximum Gasteiger partial charge on any atom is 0.150 e. The van der Waals surface area contributed by atoms with Gasteiger partial charge in [0.15, 0.2) is 6.29 Å². The lowest BCUT2D eigenvalue weighted by atomic mass is 10.1. The molecule has 0 bridgehead atoms. The molecule has 1 aromatic heterocycles. The Morgan fingerprint density at radius 3 is 2.90 bits per heavy atom. The topological polar surface area (TPSA) is 22.0 Å². The molecule has 2 nitrogen and oxygen atoms in total. The number of fused-ring (bicyclic) bond motifs is 2. The van der Waals surface area contributed by atoms with Gasteiger partial charge in [-0.3, -0.25) is 4.79 Å². The third-order valence-corrected chi connectivity index (χ3v) is 5.39. The van der Waals surface area contributed by atoms with E-state index in [0.717, 1.165) is 35.7 Å². The molecule has 3 heteroatoms. The molecule has 0 radical (unpaired) electrons. The second-order valence-corrected chi connectivity index (χ2v) is 6.76. The minimum absolute atomic E-state index is 0.567. The first-order valence-electron chi connectivity index (χ1n) is 7.13. The van der Waals surface area contributed by atoms with Gasteiger partial charge < -0.3 is 4.57 Å². The highest BCUT2D eigenvalue weighted by atomic mass is 32.2. The maximum atomic E-state index is 11.1. The van der Waals surface area contributed by atoms with Crippen molar-refractivity contribution in [3.05, 3.63) is 65.9 Å². The van der Waals surface area contributed by atoms with Gasteiger partial charge in [0, 0.05) is 39.4 Å². The number of hydrogen-bond acceptors (Lipinski definition) is 2. The highest BCUT2D eigenvalue weighted by molar-refractivity contribution is 8.00. The molecule has 2 heterocycles. The average molecular weight is 293 g/mol. The summed E-state index contributed by atoms with van der Waals surface area (Å²) in [6.45, 7) is 0.977. The molecule has 4 rings (SSSR count). The van der Waals surface area contributed by atoms with E-state index in [1.807, 2.05) is 30.0 Å². The van der Waals surface area contributed by atoms with Crippen LogP contribution in [0.3, 0.4) is 0 Å². The van der Waals surface area contributed by atoms with E-state index in [4.69, 9.17) is 0 Å². The lowest BCUT2D eigenvalue weighted by Gasteiger charge is -2.11. The molecule has 1 aliphatic heterocycles. The van der Waals surface area contributed by atoms with Gasteiger partial charge in [-0.1, -0.05) is 30.3 Å². The van der Waals surface area contributed by atoms with Crippen LogP contribution in [0.1, 0.15) is 15.9 Å². The number of aromatic nitrogens is 1. The Morgan fingerprint density at radius 2 is 2.05 bits per heavy atom. The second kappa shape index (κ2) is 5.08. The van der Waals surface area contributed by atoms with Gasteiger partial charge in [-0.25, -0.2) is 0 Å². The Balaban J connectivity index is 1.63. The van der Waals surface area contributed by atoms with Gasteiger partial charge in [0.05, 0.1) is 0 Å². The summed E-state index contributed by atoms with van der Waals surface area (Å²) >= 11 is 1.96. The van der Waals surface area contributed by atoms with Crippen LogP contribution >= 0.6 is 11.8 Å². The van der Waals surface area contributed by atoms with Gasteiger partial charge in [0.25, 0.3) is 0 Å². The van der Waals surface area contributed by atoms with Crippen LogP contribution in [0.25, 0.3) is 10.9 Å². The van der Waals surface area contributed by atoms with Crippen LogP contribution in [0.2, 0.25) is 0 Å². The lowest BCUT2D eigenvalue weighted by molar-refractivity contribution is 0.112. The zero-order chi connectivity index (χ0) is 14.2. The third kappa shape index (κ3) is 2.18. The number of carbonyl (C=O) groups excluding carboxylic acids is 1. The molecule has 0 amide bonds. The fourth-order valence-corrected chi connectivity index (χ4v) is 4.40. The Labute approximate surface area is 127 Å². The Bertz CT molecular complexity index is 796. The molecule has 3 aromatic rings. The van der Waals surface area contributed by atoms with E-state index < -0.39 is 0 Å². The monoisotopic (exact) mass is 293 g/mol. The van der Waals surface area contributed by atoms with Gasteiger partial charge in [0.1, 0.15) is 0 Å². The summed E-state index contributed by atoms with van der Waals surface area (Å²) < 4.78 is 2.27. The van der Waals surface area contributed by atoms with Crippen molar-refractivity contribution < 1.29 is 4.79 Å². The normalized spacial score (nSPS) is 17.0. The molecule has 2 aromatic carbocycles. The van der Waals surface area contributed by atoms with Gasteiger partial charge in [-0.05, 0) is 30.2 Å². The Hall–Kier alpha value is -2.00. The van der Waals surface area contributed by atoms with E-state index in [-0.39, 0.29) is 0 Å². The number of hydrogen-bond donors (Lipinski definition) is 0. The van der Waals surface area contributed by atoms with E-state index in [2.05, 4.69) is 41.1 Å². The number of benzene rings is 2. The van der Waals surface area contributed by atoms with Crippen molar-refractivity contribution in [1.29, 1.82) is 0 Å². The fraction of sp³-hybridized carbons (Fsp3) is 0.167. The number of rotatable bonds is 3.